The lowest BCUT2D eigenvalue weighted by atomic mass is 9.66. The van der Waals surface area contributed by atoms with E-state index in [9.17, 15) is 0 Å². The Kier molecular flexibility index (Phi) is 11.7. The van der Waals surface area contributed by atoms with Crippen LogP contribution < -0.4 is 5.30 Å². The van der Waals surface area contributed by atoms with Gasteiger partial charge in [0.15, 0.2) is 0 Å². The molecule has 1 fully saturated rings. The molecule has 1 aliphatic carbocycles. The Hall–Kier alpha value is -5.11. The molecular weight excluding hydrogens is 700 g/mol. The van der Waals surface area contributed by atoms with Crippen molar-refractivity contribution in [2.24, 2.45) is 17.8 Å². The molecular formula is C53H51O2P. The molecule has 0 saturated heterocycles. The van der Waals surface area contributed by atoms with Crippen LogP contribution in [-0.4, -0.2) is 19.4 Å². The Morgan fingerprint density at radius 1 is 0.429 bits per heavy atom. The summed E-state index contributed by atoms with van der Waals surface area (Å²) in [5.41, 5.74) is 7.94. The van der Waals surface area contributed by atoms with Crippen molar-refractivity contribution in [1.82, 2.24) is 0 Å². The summed E-state index contributed by atoms with van der Waals surface area (Å²) < 4.78 is 15.1. The fourth-order valence-electron chi connectivity index (χ4n) is 8.94. The molecule has 0 aliphatic heterocycles. The van der Waals surface area contributed by atoms with Gasteiger partial charge in [0.2, 0.25) is 0 Å². The van der Waals surface area contributed by atoms with E-state index in [1.54, 1.807) is 0 Å². The summed E-state index contributed by atoms with van der Waals surface area (Å²) in [7, 11) is 0.748. The Labute approximate surface area is 335 Å². The van der Waals surface area contributed by atoms with Gasteiger partial charge in [-0.25, -0.2) is 0 Å². The maximum atomic E-state index is 7.58. The predicted octanol–water partition coefficient (Wildman–Crippen LogP) is 11.9. The van der Waals surface area contributed by atoms with E-state index in [1.165, 1.54) is 16.4 Å². The van der Waals surface area contributed by atoms with Crippen LogP contribution in [0.4, 0.5) is 0 Å². The first kappa shape index (κ1) is 37.8. The Bertz CT molecular complexity index is 2050. The normalized spacial score (nSPS) is 17.1. The SMILES string of the molecule is Cc1cc(C)cc(PCC2CC(COC(c3ccccc3)(c3ccccc3)c3ccccc3)C2COC(c2ccccc2)(c2ccccc2)c2ccccc2)c1. The van der Waals surface area contributed by atoms with Crippen LogP contribution in [0.1, 0.15) is 50.9 Å². The van der Waals surface area contributed by atoms with Gasteiger partial charge in [-0.3, -0.25) is 0 Å². The maximum absolute atomic E-state index is 7.58. The second kappa shape index (κ2) is 17.4. The largest absolute Gasteiger partial charge is 0.361 e. The molecule has 4 unspecified atom stereocenters. The Morgan fingerprint density at radius 2 is 0.750 bits per heavy atom. The number of ether oxygens (including phenoxy) is 2. The van der Waals surface area contributed by atoms with Crippen LogP contribution in [-0.2, 0) is 20.7 Å². The van der Waals surface area contributed by atoms with Gasteiger partial charge in [0.1, 0.15) is 11.2 Å². The molecule has 4 atom stereocenters. The molecule has 56 heavy (non-hydrogen) atoms. The quantitative estimate of drug-likeness (QED) is 0.0767. The van der Waals surface area contributed by atoms with E-state index in [-0.39, 0.29) is 0 Å². The first-order valence-corrected chi connectivity index (χ1v) is 21.2. The van der Waals surface area contributed by atoms with Crippen molar-refractivity contribution < 1.29 is 9.47 Å². The van der Waals surface area contributed by atoms with Gasteiger partial charge in [-0.1, -0.05) is 220 Å². The molecule has 7 aromatic carbocycles. The molecule has 0 radical (unpaired) electrons. The molecule has 280 valence electrons. The minimum atomic E-state index is -0.771. The monoisotopic (exact) mass is 750 g/mol. The third-order valence-electron chi connectivity index (χ3n) is 11.7. The predicted molar refractivity (Wildman–Crippen MR) is 234 cm³/mol. The van der Waals surface area contributed by atoms with Gasteiger partial charge < -0.3 is 9.47 Å². The second-order valence-electron chi connectivity index (χ2n) is 15.4. The fourth-order valence-corrected chi connectivity index (χ4v) is 10.6. The van der Waals surface area contributed by atoms with E-state index in [4.69, 9.17) is 9.47 Å². The lowest BCUT2D eigenvalue weighted by Gasteiger charge is -2.48. The highest BCUT2D eigenvalue weighted by Gasteiger charge is 2.46. The summed E-state index contributed by atoms with van der Waals surface area (Å²) in [5.74, 6) is 1.14. The molecule has 2 nitrogen and oxygen atoms in total. The Balaban J connectivity index is 1.16. The standard InChI is InChI=1S/C53H51O2P/c1-40-33-41(2)35-50(34-40)56-39-43-36-42(37-54-52(44-21-9-3-10-22-44,45-23-11-4-12-24-45)46-25-13-5-14-26-46)51(43)38-55-53(47-27-15-6-16-28-47,48-29-17-7-18-30-48)49-31-19-8-20-32-49/h3-35,42-43,51,56H,36-39H2,1-2H3. The van der Waals surface area contributed by atoms with Crippen molar-refractivity contribution in [3.63, 3.8) is 0 Å². The van der Waals surface area contributed by atoms with Crippen molar-refractivity contribution in [3.05, 3.63) is 245 Å². The van der Waals surface area contributed by atoms with Crippen molar-refractivity contribution in [2.45, 2.75) is 31.5 Å². The van der Waals surface area contributed by atoms with Gasteiger partial charge in [0.25, 0.3) is 0 Å². The fraction of sp³-hybridized carbons (Fsp3) is 0.208. The molecule has 0 bridgehead atoms. The third-order valence-corrected chi connectivity index (χ3v) is 13.1. The van der Waals surface area contributed by atoms with Gasteiger partial charge in [0.05, 0.1) is 13.2 Å². The smallest absolute Gasteiger partial charge is 0.143 e. The topological polar surface area (TPSA) is 18.5 Å². The lowest BCUT2D eigenvalue weighted by Crippen LogP contribution is -2.47. The number of hydrogen-bond donors (Lipinski definition) is 0. The van der Waals surface area contributed by atoms with Crippen LogP contribution in [0.25, 0.3) is 0 Å². The maximum Gasteiger partial charge on any atom is 0.143 e. The number of aryl methyl sites for hydroxylation is 2. The molecule has 0 aromatic heterocycles. The van der Waals surface area contributed by atoms with Crippen LogP contribution >= 0.6 is 8.58 Å². The molecule has 0 spiro atoms. The van der Waals surface area contributed by atoms with Crippen molar-refractivity contribution in [2.75, 3.05) is 19.4 Å². The highest BCUT2D eigenvalue weighted by atomic mass is 31.1. The van der Waals surface area contributed by atoms with E-state index in [0.717, 1.165) is 54.5 Å². The molecule has 0 amide bonds. The zero-order chi connectivity index (χ0) is 38.2. The molecule has 0 heterocycles. The number of benzene rings is 7. The van der Waals surface area contributed by atoms with Gasteiger partial charge in [-0.2, -0.15) is 0 Å². The average molecular weight is 751 g/mol. The average Bonchev–Trinajstić information content (AvgIpc) is 3.25. The van der Waals surface area contributed by atoms with Crippen LogP contribution in [0, 0.1) is 31.6 Å². The van der Waals surface area contributed by atoms with Gasteiger partial charge in [0, 0.05) is 0 Å². The molecule has 3 heteroatoms. The summed E-state index contributed by atoms with van der Waals surface area (Å²) in [6.45, 7) is 5.65. The van der Waals surface area contributed by atoms with E-state index >= 15 is 0 Å². The molecule has 8 rings (SSSR count). The zero-order valence-corrected chi connectivity index (χ0v) is 33.4. The second-order valence-corrected chi connectivity index (χ2v) is 16.7. The molecule has 1 aliphatic rings. The molecule has 0 N–H and O–H groups in total. The summed E-state index contributed by atoms with van der Waals surface area (Å²) >= 11 is 0. The number of rotatable bonds is 15. The third kappa shape index (κ3) is 7.80. The van der Waals surface area contributed by atoms with Gasteiger partial charge >= 0.3 is 0 Å². The van der Waals surface area contributed by atoms with Crippen LogP contribution in [0.3, 0.4) is 0 Å². The summed E-state index contributed by atoms with van der Waals surface area (Å²) in [6.07, 6.45) is 2.25. The van der Waals surface area contributed by atoms with Crippen molar-refractivity contribution in [1.29, 1.82) is 0 Å². The van der Waals surface area contributed by atoms with Crippen LogP contribution in [0.5, 0.6) is 0 Å². The van der Waals surface area contributed by atoms with E-state index in [1.807, 2.05) is 0 Å². The highest BCUT2D eigenvalue weighted by Crippen LogP contribution is 2.49. The highest BCUT2D eigenvalue weighted by molar-refractivity contribution is 7.47. The van der Waals surface area contributed by atoms with Crippen LogP contribution in [0.15, 0.2) is 200 Å². The zero-order valence-electron chi connectivity index (χ0n) is 32.4. The first-order chi connectivity index (χ1) is 27.6. The van der Waals surface area contributed by atoms with Gasteiger partial charge in [-0.15, -0.1) is 0 Å². The van der Waals surface area contributed by atoms with Crippen molar-refractivity contribution in [3.8, 4) is 0 Å². The van der Waals surface area contributed by atoms with Crippen molar-refractivity contribution >= 4 is 13.9 Å². The number of hydrogen-bond acceptors (Lipinski definition) is 2. The lowest BCUT2D eigenvalue weighted by molar-refractivity contribution is -0.104. The van der Waals surface area contributed by atoms with Crippen LogP contribution in [0.2, 0.25) is 0 Å². The van der Waals surface area contributed by atoms with E-state index in [0.29, 0.717) is 31.0 Å². The minimum absolute atomic E-state index is 0.309. The summed E-state index contributed by atoms with van der Waals surface area (Å²) in [4.78, 5) is 0. The first-order valence-electron chi connectivity index (χ1n) is 20.0. The summed E-state index contributed by atoms with van der Waals surface area (Å²) in [5, 5.41) is 1.45. The van der Waals surface area contributed by atoms with Gasteiger partial charge in [-0.05, 0) is 82.9 Å². The molecule has 1 saturated carbocycles. The van der Waals surface area contributed by atoms with E-state index in [2.05, 4.69) is 214 Å². The van der Waals surface area contributed by atoms with E-state index < -0.39 is 11.2 Å². The summed E-state index contributed by atoms with van der Waals surface area (Å²) in [6, 6.07) is 71.6. The molecule has 7 aromatic rings. The minimum Gasteiger partial charge on any atom is -0.361 e. The Morgan fingerprint density at radius 3 is 1.09 bits per heavy atom.